The molecule has 1 heterocycles. The van der Waals surface area contributed by atoms with E-state index in [1.807, 2.05) is 24.6 Å². The van der Waals surface area contributed by atoms with Crippen LogP contribution in [0.5, 0.6) is 0 Å². The monoisotopic (exact) mass is 292 g/mol. The van der Waals surface area contributed by atoms with Gasteiger partial charge in [-0.05, 0) is 26.3 Å². The Morgan fingerprint density at radius 3 is 2.76 bits per heavy atom. The van der Waals surface area contributed by atoms with Crippen molar-refractivity contribution in [3.8, 4) is 12.3 Å². The van der Waals surface area contributed by atoms with Gasteiger partial charge < -0.3 is 15.7 Å². The van der Waals surface area contributed by atoms with Gasteiger partial charge in [-0.25, -0.2) is 9.59 Å². The van der Waals surface area contributed by atoms with Gasteiger partial charge in [-0.3, -0.25) is 4.68 Å². The predicted molar refractivity (Wildman–Crippen MR) is 77.7 cm³/mol. The lowest BCUT2D eigenvalue weighted by Gasteiger charge is -2.12. The van der Waals surface area contributed by atoms with Gasteiger partial charge in [-0.2, -0.15) is 5.10 Å². The van der Waals surface area contributed by atoms with Crippen LogP contribution in [0.1, 0.15) is 24.2 Å². The van der Waals surface area contributed by atoms with Crippen molar-refractivity contribution < 1.29 is 14.7 Å². The lowest BCUT2D eigenvalue weighted by molar-refractivity contribution is -0.139. The van der Waals surface area contributed by atoms with Gasteiger partial charge in [-0.15, -0.1) is 12.3 Å². The summed E-state index contributed by atoms with van der Waals surface area (Å²) in [4.78, 5) is 22.4. The fraction of sp³-hybridized carbons (Fsp3) is 0.500. The highest BCUT2D eigenvalue weighted by Gasteiger charge is 2.18. The Kier molecular flexibility index (Phi) is 6.27. The molecule has 3 N–H and O–H groups in total. The van der Waals surface area contributed by atoms with Crippen molar-refractivity contribution >= 4 is 12.0 Å². The normalized spacial score (nSPS) is 11.5. The fourth-order valence-corrected chi connectivity index (χ4v) is 1.86. The Morgan fingerprint density at radius 2 is 2.24 bits per heavy atom. The minimum atomic E-state index is -1.15. The molecule has 0 aliphatic carbocycles. The number of carboxylic acids is 1. The third-order valence-corrected chi connectivity index (χ3v) is 2.86. The number of nitrogens with one attached hydrogen (secondary N) is 2. The summed E-state index contributed by atoms with van der Waals surface area (Å²) in [7, 11) is 0. The zero-order valence-corrected chi connectivity index (χ0v) is 12.2. The largest absolute Gasteiger partial charge is 0.480 e. The number of nitrogens with zero attached hydrogens (tertiary/aromatic N) is 2. The number of carbonyl (C=O) groups is 2. The van der Waals surface area contributed by atoms with E-state index in [1.54, 1.807) is 0 Å². The van der Waals surface area contributed by atoms with E-state index in [0.717, 1.165) is 11.4 Å². The maximum atomic E-state index is 11.5. The molecule has 0 aromatic carbocycles. The molecule has 1 atom stereocenters. The molecule has 0 aliphatic heterocycles. The lowest BCUT2D eigenvalue weighted by atomic mass is 10.2. The average Bonchev–Trinajstić information content (AvgIpc) is 2.72. The Labute approximate surface area is 123 Å². The second-order valence-electron chi connectivity index (χ2n) is 4.70. The average molecular weight is 292 g/mol. The first-order chi connectivity index (χ1) is 9.93. The van der Waals surface area contributed by atoms with Gasteiger partial charge >= 0.3 is 12.0 Å². The van der Waals surface area contributed by atoms with Gasteiger partial charge in [0.05, 0.1) is 5.69 Å². The molecule has 0 fully saturated rings. The SMILES string of the molecule is C#CCC(NC(=O)NCCCn1nc(C)cc1C)C(=O)O. The molecule has 0 radical (unpaired) electrons. The number of aliphatic carboxylic acids is 1. The van der Waals surface area contributed by atoms with Crippen LogP contribution in [0.4, 0.5) is 4.79 Å². The van der Waals surface area contributed by atoms with Crippen molar-refractivity contribution in [1.82, 2.24) is 20.4 Å². The molecule has 114 valence electrons. The number of carboxylic acid groups (broad SMARTS) is 1. The van der Waals surface area contributed by atoms with E-state index in [4.69, 9.17) is 11.5 Å². The number of rotatable bonds is 7. The van der Waals surface area contributed by atoms with Crippen LogP contribution < -0.4 is 10.6 Å². The molecule has 1 rings (SSSR count). The molecular weight excluding hydrogens is 272 g/mol. The van der Waals surface area contributed by atoms with Crippen molar-refractivity contribution in [2.24, 2.45) is 0 Å². The topological polar surface area (TPSA) is 96.3 Å². The van der Waals surface area contributed by atoms with Gasteiger partial charge in [0.25, 0.3) is 0 Å². The highest BCUT2D eigenvalue weighted by Crippen LogP contribution is 2.02. The van der Waals surface area contributed by atoms with Gasteiger partial charge in [0, 0.05) is 25.2 Å². The van der Waals surface area contributed by atoms with Crippen molar-refractivity contribution in [2.45, 2.75) is 39.3 Å². The summed E-state index contributed by atoms with van der Waals surface area (Å²) < 4.78 is 1.87. The zero-order chi connectivity index (χ0) is 15.8. The Morgan fingerprint density at radius 1 is 1.52 bits per heavy atom. The smallest absolute Gasteiger partial charge is 0.327 e. The van der Waals surface area contributed by atoms with Crippen molar-refractivity contribution in [2.75, 3.05) is 6.54 Å². The zero-order valence-electron chi connectivity index (χ0n) is 12.2. The van der Waals surface area contributed by atoms with Crippen molar-refractivity contribution in [1.29, 1.82) is 0 Å². The first kappa shape index (κ1) is 16.6. The van der Waals surface area contributed by atoms with E-state index in [9.17, 15) is 9.59 Å². The van der Waals surface area contributed by atoms with E-state index < -0.39 is 18.0 Å². The first-order valence-corrected chi connectivity index (χ1v) is 6.65. The molecule has 1 unspecified atom stereocenters. The van der Waals surface area contributed by atoms with Crippen LogP contribution in [0.15, 0.2) is 6.07 Å². The molecule has 0 bridgehead atoms. The van der Waals surface area contributed by atoms with E-state index >= 15 is 0 Å². The third-order valence-electron chi connectivity index (χ3n) is 2.86. The number of amides is 2. The maximum absolute atomic E-state index is 11.5. The van der Waals surface area contributed by atoms with Gasteiger partial charge in [0.1, 0.15) is 6.04 Å². The molecule has 1 aromatic rings. The van der Waals surface area contributed by atoms with Crippen LogP contribution in [0.25, 0.3) is 0 Å². The first-order valence-electron chi connectivity index (χ1n) is 6.65. The number of hydrogen-bond donors (Lipinski definition) is 3. The number of urea groups is 1. The van der Waals surface area contributed by atoms with Crippen molar-refractivity contribution in [3.63, 3.8) is 0 Å². The number of terminal acetylenes is 1. The molecule has 2 amide bonds. The van der Waals surface area contributed by atoms with Crippen LogP contribution in [0.2, 0.25) is 0 Å². The molecule has 0 spiro atoms. The highest BCUT2D eigenvalue weighted by molar-refractivity contribution is 5.82. The van der Waals surface area contributed by atoms with E-state index in [1.165, 1.54) is 0 Å². The van der Waals surface area contributed by atoms with E-state index in [2.05, 4.69) is 21.7 Å². The molecule has 21 heavy (non-hydrogen) atoms. The fourth-order valence-electron chi connectivity index (χ4n) is 1.86. The summed E-state index contributed by atoms with van der Waals surface area (Å²) in [6.45, 7) is 5.00. The number of carbonyl (C=O) groups excluding carboxylic acids is 1. The standard InChI is InChI=1S/C14H20N4O3/c1-4-6-12(13(19)20)16-14(21)15-7-5-8-18-11(3)9-10(2)17-18/h1,9,12H,5-8H2,2-3H3,(H,19,20)(H2,15,16,21). The minimum Gasteiger partial charge on any atom is -0.480 e. The van der Waals surface area contributed by atoms with Gasteiger partial charge in [0.15, 0.2) is 0 Å². The van der Waals surface area contributed by atoms with Gasteiger partial charge in [-0.1, -0.05) is 0 Å². The van der Waals surface area contributed by atoms with Crippen LogP contribution in [-0.4, -0.2) is 39.5 Å². The number of hydrogen-bond acceptors (Lipinski definition) is 3. The van der Waals surface area contributed by atoms with Crippen molar-refractivity contribution in [3.05, 3.63) is 17.5 Å². The molecule has 7 nitrogen and oxygen atoms in total. The maximum Gasteiger partial charge on any atom is 0.327 e. The summed E-state index contributed by atoms with van der Waals surface area (Å²) in [6, 6.07) is 0.384. The molecule has 1 aromatic heterocycles. The molecule has 0 saturated carbocycles. The summed E-state index contributed by atoms with van der Waals surface area (Å²) in [5.74, 6) is 1.07. The van der Waals surface area contributed by atoms with Gasteiger partial charge in [0.2, 0.25) is 0 Å². The third kappa shape index (κ3) is 5.57. The van der Waals surface area contributed by atoms with Crippen LogP contribution in [-0.2, 0) is 11.3 Å². The quantitative estimate of drug-likeness (QED) is 0.508. The predicted octanol–water partition coefficient (Wildman–Crippen LogP) is 0.666. The molecule has 0 aliphatic rings. The Bertz CT molecular complexity index is 545. The van der Waals surface area contributed by atoms with E-state index in [-0.39, 0.29) is 6.42 Å². The second kappa shape index (κ2) is 7.94. The summed E-state index contributed by atoms with van der Waals surface area (Å²) >= 11 is 0. The number of aromatic nitrogens is 2. The summed E-state index contributed by atoms with van der Waals surface area (Å²) in [5, 5.41) is 18.1. The molecule has 0 saturated heterocycles. The lowest BCUT2D eigenvalue weighted by Crippen LogP contribution is -2.46. The molecule has 7 heteroatoms. The molecular formula is C14H20N4O3. The minimum absolute atomic E-state index is 0.0471. The highest BCUT2D eigenvalue weighted by atomic mass is 16.4. The van der Waals surface area contributed by atoms with Crippen LogP contribution in [0, 0.1) is 26.2 Å². The Balaban J connectivity index is 2.29. The second-order valence-corrected chi connectivity index (χ2v) is 4.70. The summed E-state index contributed by atoms with van der Waals surface area (Å²) in [5.41, 5.74) is 2.02. The van der Waals surface area contributed by atoms with Crippen LogP contribution in [0.3, 0.4) is 0 Å². The van der Waals surface area contributed by atoms with Crippen LogP contribution >= 0.6 is 0 Å². The van der Waals surface area contributed by atoms with E-state index in [0.29, 0.717) is 19.5 Å². The Hall–Kier alpha value is -2.49. The summed E-state index contributed by atoms with van der Waals surface area (Å²) in [6.07, 6.45) is 5.70. The number of aryl methyl sites for hydroxylation is 3.